The molecule has 2 spiro atoms. The fourth-order valence-corrected chi connectivity index (χ4v) is 18.1. The summed E-state index contributed by atoms with van der Waals surface area (Å²) in [6.07, 6.45) is -3.95. The number of carbonyl (C=O) groups excluding carboxylic acids is 4. The van der Waals surface area contributed by atoms with Crippen molar-refractivity contribution in [2.24, 2.45) is 0 Å². The van der Waals surface area contributed by atoms with E-state index in [-0.39, 0.29) is 17.9 Å². The Bertz CT molecular complexity index is 1970. The van der Waals surface area contributed by atoms with Crippen molar-refractivity contribution in [3.63, 3.8) is 0 Å². The number of benzene rings is 2. The summed E-state index contributed by atoms with van der Waals surface area (Å²) in [6.45, 7) is 3.52. The summed E-state index contributed by atoms with van der Waals surface area (Å²) in [7, 11) is 7.84. The molecule has 8 fully saturated rings. The van der Waals surface area contributed by atoms with Gasteiger partial charge in [-0.25, -0.2) is 4.39 Å². The van der Waals surface area contributed by atoms with E-state index in [1.54, 1.807) is 32.0 Å². The molecule has 16 heteroatoms. The Kier molecular flexibility index (Phi) is 5.43. The highest BCUT2D eigenvalue weighted by Gasteiger charge is 2.92. The predicted octanol–water partition coefficient (Wildman–Crippen LogP) is 2.03. The molecule has 10 aliphatic rings. The van der Waals surface area contributed by atoms with Crippen LogP contribution >= 0.6 is 43.2 Å². The largest absolute Gasteiger partial charge is 0.388 e. The zero-order chi connectivity index (χ0) is 33.7. The fraction of sp³-hybridized carbons (Fsp3) is 0.500. The third-order valence-corrected chi connectivity index (χ3v) is 20.3. The molecule has 250 valence electrons. The highest BCUT2D eigenvalue weighted by atomic mass is 33.1. The number of likely N-dealkylation sites (N-methyl/N-ethyl adjacent to an activating group) is 2. The van der Waals surface area contributed by atoms with Gasteiger partial charge in [0.15, 0.2) is 9.74 Å². The van der Waals surface area contributed by atoms with Gasteiger partial charge < -0.3 is 30.2 Å². The van der Waals surface area contributed by atoms with Crippen LogP contribution in [0, 0.1) is 5.82 Å². The number of carbonyl (C=O) groups is 4. The minimum atomic E-state index is -1.86. The molecule has 1 aliphatic carbocycles. The first-order chi connectivity index (χ1) is 22.8. The van der Waals surface area contributed by atoms with E-state index in [4.69, 9.17) is 0 Å². The average Bonchev–Trinajstić information content (AvgIpc) is 3.72. The van der Waals surface area contributed by atoms with Crippen molar-refractivity contribution in [3.8, 4) is 0 Å². The zero-order valence-electron chi connectivity index (χ0n) is 26.1. The van der Waals surface area contributed by atoms with E-state index < -0.39 is 78.3 Å². The summed E-state index contributed by atoms with van der Waals surface area (Å²) in [4.78, 5) is 58.5. The van der Waals surface area contributed by atoms with Gasteiger partial charge in [-0.2, -0.15) is 0 Å². The van der Waals surface area contributed by atoms with Gasteiger partial charge in [-0.05, 0) is 76.2 Å². The number of aliphatic hydroxyl groups excluding tert-OH is 2. The fourth-order valence-electron chi connectivity index (χ4n) is 10.6. The minimum Gasteiger partial charge on any atom is -0.388 e. The van der Waals surface area contributed by atoms with Crippen LogP contribution in [0.25, 0.3) is 0 Å². The van der Waals surface area contributed by atoms with Crippen LogP contribution in [0.5, 0.6) is 0 Å². The van der Waals surface area contributed by atoms with Crippen LogP contribution in [0.3, 0.4) is 0 Å². The third-order valence-electron chi connectivity index (χ3n) is 12.8. The molecule has 48 heavy (non-hydrogen) atoms. The second-order valence-corrected chi connectivity index (χ2v) is 19.5. The van der Waals surface area contributed by atoms with E-state index in [0.29, 0.717) is 17.7 Å². The van der Waals surface area contributed by atoms with E-state index in [1.165, 1.54) is 48.4 Å². The Labute approximate surface area is 290 Å². The lowest BCUT2D eigenvalue weighted by Gasteiger charge is -2.59. The quantitative estimate of drug-likeness (QED) is 0.393. The lowest BCUT2D eigenvalue weighted by molar-refractivity contribution is -0.168. The summed E-state index contributed by atoms with van der Waals surface area (Å²) < 4.78 is 15.6. The molecule has 2 aromatic rings. The van der Waals surface area contributed by atoms with Gasteiger partial charge in [0.1, 0.15) is 24.2 Å². The number of piperazine rings is 2. The molecule has 9 aliphatic heterocycles. The van der Waals surface area contributed by atoms with E-state index >= 15 is 4.39 Å². The van der Waals surface area contributed by atoms with Crippen molar-refractivity contribution in [1.29, 1.82) is 0 Å². The monoisotopic (exact) mass is 727 g/mol. The SMILES string of the molecule is CC[C@@]12SS[C@]3(C(=O)N1C)[C@@H](O)[C@]1([C@@]45c6cc(F)ccc6N[C@@H]4N4C(=O)[C@]6(C)SS[C@]4(C(=O)N6C)[C@H]5O)c4ccccc4C[C@@H]1N3C2=O. The summed E-state index contributed by atoms with van der Waals surface area (Å²) in [6, 6.07) is 10.6. The number of fused-ring (bicyclic) bond motifs is 11. The van der Waals surface area contributed by atoms with E-state index in [2.05, 4.69) is 5.32 Å². The normalized spacial score (nSPS) is 45.7. The van der Waals surface area contributed by atoms with Gasteiger partial charge in [-0.1, -0.05) is 52.8 Å². The van der Waals surface area contributed by atoms with Crippen LogP contribution in [0.15, 0.2) is 42.5 Å². The van der Waals surface area contributed by atoms with Gasteiger partial charge in [0, 0.05) is 19.8 Å². The number of anilines is 1. The summed E-state index contributed by atoms with van der Waals surface area (Å²) in [5, 5.41) is 30.1. The topological polar surface area (TPSA) is 134 Å². The molecule has 2 aromatic carbocycles. The number of nitrogens with one attached hydrogen (secondary N) is 1. The molecule has 3 N–H and O–H groups in total. The molecule has 4 bridgehead atoms. The molecule has 9 heterocycles. The molecule has 0 radical (unpaired) electrons. The Morgan fingerprint density at radius 2 is 1.50 bits per heavy atom. The lowest BCUT2D eigenvalue weighted by atomic mass is 9.51. The molecular formula is C32H30FN5O6S4. The van der Waals surface area contributed by atoms with Gasteiger partial charge in [0.05, 0.1) is 16.9 Å². The number of aliphatic hydroxyl groups is 2. The highest BCUT2D eigenvalue weighted by molar-refractivity contribution is 8.78. The lowest BCUT2D eigenvalue weighted by Crippen LogP contribution is -2.77. The maximum Gasteiger partial charge on any atom is 0.264 e. The van der Waals surface area contributed by atoms with Crippen molar-refractivity contribution in [2.75, 3.05) is 19.4 Å². The van der Waals surface area contributed by atoms with Crippen LogP contribution in [-0.4, -0.2) is 111 Å². The number of amides is 4. The standard InChI is InChI=1S/C32H30FN5O6S4/c1-5-28-24(42)37-19-12-14-8-6-7-9-16(14)29(19,20(39)31(37,48-46-28)26(44)36(28)4)30-17-13-15(33)10-11-18(17)34-22(30)38-23(41)27(2)35(3)25(43)32(38,21(30)40)47-45-27/h6-11,13,19-22,34,39-40H,5,12H2,1-4H3/t19-,20-,21-,22+,27-,28-,29-,30+,31-,32-/m0/s1. The van der Waals surface area contributed by atoms with Gasteiger partial charge in [-0.15, -0.1) is 0 Å². The van der Waals surface area contributed by atoms with Crippen LogP contribution in [-0.2, 0) is 36.4 Å². The van der Waals surface area contributed by atoms with Gasteiger partial charge >= 0.3 is 0 Å². The van der Waals surface area contributed by atoms with Gasteiger partial charge in [0.25, 0.3) is 23.6 Å². The van der Waals surface area contributed by atoms with Crippen molar-refractivity contribution >= 4 is 72.5 Å². The first-order valence-corrected chi connectivity index (χ1v) is 20.1. The second kappa shape index (κ2) is 8.62. The van der Waals surface area contributed by atoms with E-state index in [1.807, 2.05) is 31.2 Å². The smallest absolute Gasteiger partial charge is 0.264 e. The Morgan fingerprint density at radius 3 is 2.25 bits per heavy atom. The molecule has 0 aromatic heterocycles. The zero-order valence-corrected chi connectivity index (χ0v) is 29.4. The molecule has 8 saturated heterocycles. The number of rotatable bonds is 2. The first-order valence-electron chi connectivity index (χ1n) is 15.8. The van der Waals surface area contributed by atoms with Gasteiger partial charge in [-0.3, -0.25) is 24.1 Å². The summed E-state index contributed by atoms with van der Waals surface area (Å²) in [5.74, 6) is -2.26. The molecule has 0 unspecified atom stereocenters. The van der Waals surface area contributed by atoms with E-state index in [0.717, 1.165) is 27.2 Å². The molecule has 0 saturated carbocycles. The van der Waals surface area contributed by atoms with Crippen LogP contribution in [0.1, 0.15) is 37.0 Å². The Hall–Kier alpha value is -2.63. The second-order valence-electron chi connectivity index (χ2n) is 14.1. The molecule has 10 atom stereocenters. The Morgan fingerprint density at radius 1 is 0.833 bits per heavy atom. The number of nitrogens with zero attached hydrogens (tertiary/aromatic N) is 4. The number of halogens is 1. The molecule has 11 nitrogen and oxygen atoms in total. The van der Waals surface area contributed by atoms with Crippen molar-refractivity contribution in [1.82, 2.24) is 19.6 Å². The van der Waals surface area contributed by atoms with Gasteiger partial charge in [0.2, 0.25) is 9.74 Å². The molecular weight excluding hydrogens is 698 g/mol. The van der Waals surface area contributed by atoms with Crippen LogP contribution < -0.4 is 5.32 Å². The van der Waals surface area contributed by atoms with Crippen molar-refractivity contribution in [3.05, 3.63) is 65.0 Å². The number of hydrogen-bond donors (Lipinski definition) is 3. The van der Waals surface area contributed by atoms with E-state index in [9.17, 15) is 29.4 Å². The van der Waals surface area contributed by atoms with Crippen molar-refractivity contribution in [2.45, 2.75) is 81.4 Å². The molecule has 12 rings (SSSR count). The Balaban J connectivity index is 1.36. The van der Waals surface area contributed by atoms with Crippen LogP contribution in [0.2, 0.25) is 0 Å². The summed E-state index contributed by atoms with van der Waals surface area (Å²) in [5.41, 5.74) is -1.39. The summed E-state index contributed by atoms with van der Waals surface area (Å²) >= 11 is 0. The highest BCUT2D eigenvalue weighted by Crippen LogP contribution is 2.78. The third kappa shape index (κ3) is 2.53. The van der Waals surface area contributed by atoms with Crippen LogP contribution in [0.4, 0.5) is 10.1 Å². The maximum atomic E-state index is 15.6. The van der Waals surface area contributed by atoms with Crippen molar-refractivity contribution < 1.29 is 33.8 Å². The molecule has 4 amide bonds. The maximum absolute atomic E-state index is 15.6. The number of hydrogen-bond acceptors (Lipinski definition) is 11. The minimum absolute atomic E-state index is 0.239. The first kappa shape index (κ1) is 30.2. The predicted molar refractivity (Wildman–Crippen MR) is 180 cm³/mol. The average molecular weight is 728 g/mol.